The Morgan fingerprint density at radius 2 is 2.18 bits per heavy atom. The third-order valence-electron chi connectivity index (χ3n) is 4.51. The van der Waals surface area contributed by atoms with Gasteiger partial charge in [0.15, 0.2) is 0 Å². The molecule has 102 valence electrons. The van der Waals surface area contributed by atoms with Crippen molar-refractivity contribution in [1.29, 1.82) is 0 Å². The van der Waals surface area contributed by atoms with E-state index in [4.69, 9.17) is 10.5 Å². The van der Waals surface area contributed by atoms with Gasteiger partial charge in [0.1, 0.15) is 0 Å². The molecule has 2 N–H and O–H groups in total. The van der Waals surface area contributed by atoms with E-state index in [1.54, 1.807) is 0 Å². The summed E-state index contributed by atoms with van der Waals surface area (Å²) in [5.41, 5.74) is 6.42. The predicted molar refractivity (Wildman–Crippen MR) is 74.0 cm³/mol. The molecule has 0 spiro atoms. The molecule has 1 fully saturated rings. The van der Waals surface area contributed by atoms with Crippen molar-refractivity contribution in [1.82, 2.24) is 0 Å². The van der Waals surface area contributed by atoms with Gasteiger partial charge < -0.3 is 10.5 Å². The highest BCUT2D eigenvalue weighted by Gasteiger charge is 2.40. The van der Waals surface area contributed by atoms with Crippen LogP contribution >= 0.6 is 0 Å². The monoisotopic (exact) mass is 241 g/mol. The molecule has 1 rings (SSSR count). The van der Waals surface area contributed by atoms with Crippen molar-refractivity contribution in [3.05, 3.63) is 0 Å². The summed E-state index contributed by atoms with van der Waals surface area (Å²) in [7, 11) is 1.85. The van der Waals surface area contributed by atoms with E-state index in [1.165, 1.54) is 25.7 Å². The van der Waals surface area contributed by atoms with Crippen LogP contribution in [0, 0.1) is 11.8 Å². The summed E-state index contributed by atoms with van der Waals surface area (Å²) in [6.45, 7) is 6.89. The Kier molecular flexibility index (Phi) is 5.94. The van der Waals surface area contributed by atoms with Gasteiger partial charge in [-0.2, -0.15) is 0 Å². The van der Waals surface area contributed by atoms with Gasteiger partial charge in [0.25, 0.3) is 0 Å². The molecule has 0 aromatic rings. The molecule has 2 nitrogen and oxygen atoms in total. The molecule has 2 heteroatoms. The second-order valence-corrected chi connectivity index (χ2v) is 6.21. The maximum atomic E-state index is 6.46. The summed E-state index contributed by atoms with van der Waals surface area (Å²) >= 11 is 0. The maximum absolute atomic E-state index is 6.46. The SMILES string of the molecule is CCCC(C)CC(N)C1(OC)CCCC(C)C1. The molecule has 0 bridgehead atoms. The van der Waals surface area contributed by atoms with Crippen LogP contribution in [-0.2, 0) is 4.74 Å². The third-order valence-corrected chi connectivity index (χ3v) is 4.51. The normalized spacial score (nSPS) is 33.4. The fourth-order valence-corrected chi connectivity index (χ4v) is 3.48. The quantitative estimate of drug-likeness (QED) is 0.769. The van der Waals surface area contributed by atoms with E-state index in [1.807, 2.05) is 7.11 Å². The highest BCUT2D eigenvalue weighted by atomic mass is 16.5. The molecule has 4 unspecified atom stereocenters. The van der Waals surface area contributed by atoms with E-state index >= 15 is 0 Å². The van der Waals surface area contributed by atoms with Crippen LogP contribution in [0.3, 0.4) is 0 Å². The lowest BCUT2D eigenvalue weighted by Crippen LogP contribution is -2.52. The van der Waals surface area contributed by atoms with E-state index in [-0.39, 0.29) is 11.6 Å². The minimum atomic E-state index is -0.0420. The number of methoxy groups -OCH3 is 1. The summed E-state index contributed by atoms with van der Waals surface area (Å²) in [4.78, 5) is 0. The molecular formula is C15H31NO. The molecule has 0 radical (unpaired) electrons. The van der Waals surface area contributed by atoms with Crippen molar-refractivity contribution in [3.8, 4) is 0 Å². The first kappa shape index (κ1) is 15.0. The number of hydrogen-bond donors (Lipinski definition) is 1. The van der Waals surface area contributed by atoms with Gasteiger partial charge in [-0.05, 0) is 31.1 Å². The fraction of sp³-hybridized carbons (Fsp3) is 1.00. The first-order chi connectivity index (χ1) is 8.04. The number of rotatable bonds is 6. The maximum Gasteiger partial charge on any atom is 0.0831 e. The van der Waals surface area contributed by atoms with Gasteiger partial charge in [0.2, 0.25) is 0 Å². The molecule has 0 saturated heterocycles. The Bertz CT molecular complexity index is 219. The topological polar surface area (TPSA) is 35.2 Å². The summed E-state index contributed by atoms with van der Waals surface area (Å²) in [5.74, 6) is 1.48. The van der Waals surface area contributed by atoms with Gasteiger partial charge >= 0.3 is 0 Å². The highest BCUT2D eigenvalue weighted by molar-refractivity contribution is 4.95. The molecule has 17 heavy (non-hydrogen) atoms. The highest BCUT2D eigenvalue weighted by Crippen LogP contribution is 2.38. The average molecular weight is 241 g/mol. The summed E-state index contributed by atoms with van der Waals surface area (Å²) < 4.78 is 5.86. The first-order valence-electron chi connectivity index (χ1n) is 7.34. The lowest BCUT2D eigenvalue weighted by Gasteiger charge is -2.44. The zero-order valence-electron chi connectivity index (χ0n) is 12.2. The summed E-state index contributed by atoms with van der Waals surface area (Å²) in [5, 5.41) is 0. The average Bonchev–Trinajstić information content (AvgIpc) is 2.29. The largest absolute Gasteiger partial charge is 0.377 e. The number of nitrogens with two attached hydrogens (primary N) is 1. The first-order valence-corrected chi connectivity index (χ1v) is 7.34. The Morgan fingerprint density at radius 3 is 2.71 bits per heavy atom. The van der Waals surface area contributed by atoms with Crippen molar-refractivity contribution >= 4 is 0 Å². The number of ether oxygens (including phenoxy) is 1. The van der Waals surface area contributed by atoms with Crippen molar-refractivity contribution in [2.75, 3.05) is 7.11 Å². The van der Waals surface area contributed by atoms with Crippen LogP contribution in [0.5, 0.6) is 0 Å². The fourth-order valence-electron chi connectivity index (χ4n) is 3.48. The summed E-state index contributed by atoms with van der Waals surface area (Å²) in [6, 6.07) is 0.205. The predicted octanol–water partition coefficient (Wildman–Crippen LogP) is 3.74. The van der Waals surface area contributed by atoms with Crippen LogP contribution in [0.4, 0.5) is 0 Å². The van der Waals surface area contributed by atoms with Gasteiger partial charge in [0.05, 0.1) is 5.60 Å². The Morgan fingerprint density at radius 1 is 1.47 bits per heavy atom. The molecule has 1 saturated carbocycles. The van der Waals surface area contributed by atoms with Gasteiger partial charge in [-0.15, -0.1) is 0 Å². The molecule has 1 aliphatic rings. The zero-order valence-corrected chi connectivity index (χ0v) is 12.2. The minimum Gasteiger partial charge on any atom is -0.377 e. The van der Waals surface area contributed by atoms with Gasteiger partial charge in [-0.25, -0.2) is 0 Å². The van der Waals surface area contributed by atoms with Crippen molar-refractivity contribution in [2.24, 2.45) is 17.6 Å². The number of hydrogen-bond acceptors (Lipinski definition) is 2. The van der Waals surface area contributed by atoms with Crippen LogP contribution in [-0.4, -0.2) is 18.8 Å². The zero-order chi connectivity index (χ0) is 12.9. The van der Waals surface area contributed by atoms with Crippen molar-refractivity contribution < 1.29 is 4.74 Å². The van der Waals surface area contributed by atoms with E-state index < -0.39 is 0 Å². The van der Waals surface area contributed by atoms with Crippen LogP contribution in [0.1, 0.15) is 65.7 Å². The van der Waals surface area contributed by atoms with E-state index in [9.17, 15) is 0 Å². The molecule has 0 amide bonds. The minimum absolute atomic E-state index is 0.0420. The smallest absolute Gasteiger partial charge is 0.0831 e. The van der Waals surface area contributed by atoms with Gasteiger partial charge in [-0.3, -0.25) is 0 Å². The Hall–Kier alpha value is -0.0800. The van der Waals surface area contributed by atoms with Crippen molar-refractivity contribution in [3.63, 3.8) is 0 Å². The second-order valence-electron chi connectivity index (χ2n) is 6.21. The van der Waals surface area contributed by atoms with Crippen LogP contribution < -0.4 is 5.73 Å². The standard InChI is InChI=1S/C15H31NO/c1-5-7-12(2)10-14(16)15(17-4)9-6-8-13(3)11-15/h12-14H,5-11,16H2,1-4H3. The molecule has 1 aliphatic carbocycles. The molecule has 0 aromatic heterocycles. The lowest BCUT2D eigenvalue weighted by atomic mass is 9.72. The van der Waals surface area contributed by atoms with Gasteiger partial charge in [0, 0.05) is 13.2 Å². The van der Waals surface area contributed by atoms with Crippen LogP contribution in [0.15, 0.2) is 0 Å². The third kappa shape index (κ3) is 3.96. The second kappa shape index (κ2) is 6.75. The molecule has 0 aromatic carbocycles. The van der Waals surface area contributed by atoms with Gasteiger partial charge in [-0.1, -0.05) is 46.5 Å². The van der Waals surface area contributed by atoms with E-state index in [2.05, 4.69) is 20.8 Å². The molecule has 0 heterocycles. The summed E-state index contributed by atoms with van der Waals surface area (Å²) in [6.07, 6.45) is 8.53. The molecule has 0 aliphatic heterocycles. The Labute approximate surface area is 107 Å². The van der Waals surface area contributed by atoms with E-state index in [0.29, 0.717) is 0 Å². The Balaban J connectivity index is 2.58. The molecule has 4 atom stereocenters. The molecular weight excluding hydrogens is 210 g/mol. The lowest BCUT2D eigenvalue weighted by molar-refractivity contribution is -0.0748. The van der Waals surface area contributed by atoms with Crippen LogP contribution in [0.25, 0.3) is 0 Å². The van der Waals surface area contributed by atoms with Crippen molar-refractivity contribution in [2.45, 2.75) is 77.4 Å². The van der Waals surface area contributed by atoms with Crippen LogP contribution in [0.2, 0.25) is 0 Å². The van der Waals surface area contributed by atoms with E-state index in [0.717, 1.165) is 31.1 Å².